The third-order valence-corrected chi connectivity index (χ3v) is 1.95. The summed E-state index contributed by atoms with van der Waals surface area (Å²) in [6.07, 6.45) is -3.50. The first-order valence-corrected chi connectivity index (χ1v) is 4.46. The minimum Gasteiger partial charge on any atom is -0.384 e. The van der Waals surface area contributed by atoms with E-state index in [2.05, 4.69) is 4.98 Å². The molecule has 0 unspecified atom stereocenters. The molecule has 0 aromatic carbocycles. The van der Waals surface area contributed by atoms with E-state index < -0.39 is 23.0 Å². The van der Waals surface area contributed by atoms with Gasteiger partial charge in [-0.2, -0.15) is 13.2 Å². The number of hydrogen-bond donors (Lipinski definition) is 1. The van der Waals surface area contributed by atoms with E-state index in [1.165, 1.54) is 13.8 Å². The van der Waals surface area contributed by atoms with Gasteiger partial charge < -0.3 is 5.11 Å². The normalized spacial score (nSPS) is 13.0. The molecule has 0 bridgehead atoms. The van der Waals surface area contributed by atoms with E-state index in [0.717, 1.165) is 12.3 Å². The van der Waals surface area contributed by atoms with Gasteiger partial charge in [-0.05, 0) is 19.9 Å². The largest absolute Gasteiger partial charge is 0.418 e. The van der Waals surface area contributed by atoms with E-state index in [-0.39, 0.29) is 5.02 Å². The summed E-state index contributed by atoms with van der Waals surface area (Å²) < 4.78 is 37.6. The molecule has 1 N–H and O–H groups in total. The summed E-state index contributed by atoms with van der Waals surface area (Å²) in [5.74, 6) is 0. The van der Waals surface area contributed by atoms with Crippen LogP contribution in [0.15, 0.2) is 12.3 Å². The van der Waals surface area contributed by atoms with Gasteiger partial charge >= 0.3 is 6.18 Å². The molecular weight excluding hydrogens is 231 g/mol. The Hall–Kier alpha value is -0.810. The maximum absolute atomic E-state index is 12.5. The Morgan fingerprint density at radius 2 is 1.87 bits per heavy atom. The maximum Gasteiger partial charge on any atom is 0.418 e. The lowest BCUT2D eigenvalue weighted by Crippen LogP contribution is -2.23. The molecule has 1 rings (SSSR count). The monoisotopic (exact) mass is 239 g/mol. The molecule has 0 spiro atoms. The second-order valence-corrected chi connectivity index (χ2v) is 4.04. The van der Waals surface area contributed by atoms with Gasteiger partial charge in [-0.15, -0.1) is 0 Å². The van der Waals surface area contributed by atoms with Gasteiger partial charge in [-0.25, -0.2) is 0 Å². The highest BCUT2D eigenvalue weighted by atomic mass is 35.5. The van der Waals surface area contributed by atoms with Crippen molar-refractivity contribution in [1.82, 2.24) is 4.98 Å². The van der Waals surface area contributed by atoms with Crippen molar-refractivity contribution in [3.8, 4) is 0 Å². The fourth-order valence-corrected chi connectivity index (χ4v) is 1.30. The SMILES string of the molecule is CC(C)(O)c1ncc(Cl)cc1C(F)(F)F. The van der Waals surface area contributed by atoms with Crippen LogP contribution in [-0.4, -0.2) is 10.1 Å². The van der Waals surface area contributed by atoms with Crippen LogP contribution in [0.4, 0.5) is 13.2 Å². The molecule has 15 heavy (non-hydrogen) atoms. The fourth-order valence-electron chi connectivity index (χ4n) is 1.14. The van der Waals surface area contributed by atoms with Crippen molar-refractivity contribution in [2.24, 2.45) is 0 Å². The summed E-state index contributed by atoms with van der Waals surface area (Å²) in [7, 11) is 0. The van der Waals surface area contributed by atoms with Crippen LogP contribution < -0.4 is 0 Å². The first-order valence-electron chi connectivity index (χ1n) is 4.08. The molecule has 0 aliphatic rings. The van der Waals surface area contributed by atoms with E-state index in [4.69, 9.17) is 11.6 Å². The average molecular weight is 240 g/mol. The second kappa shape index (κ2) is 3.64. The lowest BCUT2D eigenvalue weighted by molar-refractivity contribution is -0.140. The zero-order valence-corrected chi connectivity index (χ0v) is 8.82. The number of aliphatic hydroxyl groups is 1. The van der Waals surface area contributed by atoms with Gasteiger partial charge in [0.05, 0.1) is 16.3 Å². The smallest absolute Gasteiger partial charge is 0.384 e. The number of nitrogens with zero attached hydrogens (tertiary/aromatic N) is 1. The van der Waals surface area contributed by atoms with Gasteiger partial charge in [0.1, 0.15) is 5.60 Å². The van der Waals surface area contributed by atoms with Crippen LogP contribution in [-0.2, 0) is 11.8 Å². The molecule has 0 saturated carbocycles. The quantitative estimate of drug-likeness (QED) is 0.817. The predicted molar refractivity (Wildman–Crippen MR) is 49.5 cm³/mol. The molecule has 6 heteroatoms. The molecule has 2 nitrogen and oxygen atoms in total. The highest BCUT2D eigenvalue weighted by Gasteiger charge is 2.38. The summed E-state index contributed by atoms with van der Waals surface area (Å²) in [4.78, 5) is 3.51. The number of hydrogen-bond acceptors (Lipinski definition) is 2. The Labute approximate surface area is 89.7 Å². The van der Waals surface area contributed by atoms with Gasteiger partial charge in [0.15, 0.2) is 0 Å². The molecule has 0 saturated heterocycles. The zero-order valence-electron chi connectivity index (χ0n) is 8.06. The maximum atomic E-state index is 12.5. The Morgan fingerprint density at radius 3 is 2.27 bits per heavy atom. The van der Waals surface area contributed by atoms with Crippen molar-refractivity contribution in [1.29, 1.82) is 0 Å². The molecule has 1 aromatic rings. The first kappa shape index (κ1) is 12.3. The van der Waals surface area contributed by atoms with E-state index in [0.29, 0.717) is 0 Å². The Balaban J connectivity index is 3.41. The van der Waals surface area contributed by atoms with Gasteiger partial charge in [-0.3, -0.25) is 4.98 Å². The summed E-state index contributed by atoms with van der Waals surface area (Å²) in [5.41, 5.74) is -3.10. The highest BCUT2D eigenvalue weighted by molar-refractivity contribution is 6.30. The average Bonchev–Trinajstić information content (AvgIpc) is 2.00. The number of halogens is 4. The zero-order chi connectivity index (χ0) is 11.9. The topological polar surface area (TPSA) is 33.1 Å². The lowest BCUT2D eigenvalue weighted by Gasteiger charge is -2.21. The van der Waals surface area contributed by atoms with E-state index in [1.807, 2.05) is 0 Å². The van der Waals surface area contributed by atoms with Crippen LogP contribution in [0.2, 0.25) is 5.02 Å². The van der Waals surface area contributed by atoms with Crippen LogP contribution in [0.5, 0.6) is 0 Å². The fraction of sp³-hybridized carbons (Fsp3) is 0.444. The third-order valence-electron chi connectivity index (χ3n) is 1.74. The number of rotatable bonds is 1. The minimum absolute atomic E-state index is 0.115. The molecule has 0 aliphatic carbocycles. The summed E-state index contributed by atoms with van der Waals surface area (Å²) in [5, 5.41) is 9.40. The number of aromatic nitrogens is 1. The van der Waals surface area contributed by atoms with Crippen molar-refractivity contribution in [2.75, 3.05) is 0 Å². The summed E-state index contributed by atoms with van der Waals surface area (Å²) in [6, 6.07) is 0.752. The van der Waals surface area contributed by atoms with Crippen LogP contribution >= 0.6 is 11.6 Å². The van der Waals surface area contributed by atoms with Crippen LogP contribution in [0.3, 0.4) is 0 Å². The molecule has 1 aromatic heterocycles. The Bertz CT molecular complexity index is 371. The van der Waals surface area contributed by atoms with E-state index >= 15 is 0 Å². The molecule has 0 aliphatic heterocycles. The van der Waals surface area contributed by atoms with Crippen molar-refractivity contribution in [3.05, 3.63) is 28.5 Å². The van der Waals surface area contributed by atoms with Crippen molar-refractivity contribution < 1.29 is 18.3 Å². The van der Waals surface area contributed by atoms with Gasteiger partial charge in [0, 0.05) is 6.20 Å². The number of alkyl halides is 3. The second-order valence-electron chi connectivity index (χ2n) is 3.61. The molecule has 84 valence electrons. The third kappa shape index (κ3) is 2.82. The van der Waals surface area contributed by atoms with Crippen molar-refractivity contribution >= 4 is 11.6 Å². The van der Waals surface area contributed by atoms with E-state index in [9.17, 15) is 18.3 Å². The molecule has 0 radical (unpaired) electrons. The lowest BCUT2D eigenvalue weighted by atomic mass is 9.99. The number of pyridine rings is 1. The van der Waals surface area contributed by atoms with Crippen LogP contribution in [0.1, 0.15) is 25.1 Å². The molecule has 1 heterocycles. The first-order chi connectivity index (χ1) is 6.62. The predicted octanol–water partition coefficient (Wildman–Crippen LogP) is 2.98. The Morgan fingerprint density at radius 1 is 1.33 bits per heavy atom. The van der Waals surface area contributed by atoms with Crippen LogP contribution in [0.25, 0.3) is 0 Å². The summed E-state index contributed by atoms with van der Waals surface area (Å²) >= 11 is 5.43. The van der Waals surface area contributed by atoms with Crippen LogP contribution in [0, 0.1) is 0 Å². The van der Waals surface area contributed by atoms with Crippen molar-refractivity contribution in [2.45, 2.75) is 25.6 Å². The van der Waals surface area contributed by atoms with Gasteiger partial charge in [0.25, 0.3) is 0 Å². The van der Waals surface area contributed by atoms with E-state index in [1.54, 1.807) is 0 Å². The molecular formula is C9H9ClF3NO. The Kier molecular flexibility index (Phi) is 2.98. The standard InChI is InChI=1S/C9H9ClF3NO/c1-8(2,15)7-6(9(11,12)13)3-5(10)4-14-7/h3-4,15H,1-2H3. The molecule has 0 atom stereocenters. The van der Waals surface area contributed by atoms with Gasteiger partial charge in [0.2, 0.25) is 0 Å². The highest BCUT2D eigenvalue weighted by Crippen LogP contribution is 2.36. The molecule has 0 fully saturated rings. The van der Waals surface area contributed by atoms with Crippen molar-refractivity contribution in [3.63, 3.8) is 0 Å². The summed E-state index contributed by atoms with van der Waals surface area (Å²) in [6.45, 7) is 2.47. The minimum atomic E-state index is -4.58. The van der Waals surface area contributed by atoms with Gasteiger partial charge in [-0.1, -0.05) is 11.6 Å². The molecule has 0 amide bonds.